The lowest BCUT2D eigenvalue weighted by molar-refractivity contribution is -0.384. The second-order valence-corrected chi connectivity index (χ2v) is 5.63. The molecule has 1 aliphatic rings. The molecule has 0 amide bonds. The summed E-state index contributed by atoms with van der Waals surface area (Å²) in [5.74, 6) is 1.49. The van der Waals surface area contributed by atoms with Gasteiger partial charge in [0.15, 0.2) is 0 Å². The number of rotatable bonds is 8. The Morgan fingerprint density at radius 1 is 1.33 bits per heavy atom. The van der Waals surface area contributed by atoms with Gasteiger partial charge in [-0.3, -0.25) is 10.1 Å². The average Bonchev–Trinajstić information content (AvgIpc) is 3.39. The predicted molar refractivity (Wildman–Crippen MR) is 90.5 cm³/mol. The molecular formula is C16H19N5O3. The summed E-state index contributed by atoms with van der Waals surface area (Å²) >= 11 is 0. The molecule has 2 N–H and O–H groups in total. The van der Waals surface area contributed by atoms with E-state index >= 15 is 0 Å². The molecule has 0 aliphatic heterocycles. The highest BCUT2D eigenvalue weighted by atomic mass is 16.6. The maximum Gasteiger partial charge on any atom is 0.329 e. The zero-order chi connectivity index (χ0) is 16.9. The first kappa shape index (κ1) is 16.0. The van der Waals surface area contributed by atoms with Crippen LogP contribution in [0, 0.1) is 10.1 Å². The average molecular weight is 329 g/mol. The fourth-order valence-corrected chi connectivity index (χ4v) is 2.23. The normalized spacial score (nSPS) is 13.4. The predicted octanol–water partition coefficient (Wildman–Crippen LogP) is 2.62. The van der Waals surface area contributed by atoms with E-state index in [2.05, 4.69) is 20.6 Å². The third-order valence-electron chi connectivity index (χ3n) is 3.74. The molecule has 1 saturated carbocycles. The van der Waals surface area contributed by atoms with E-state index in [9.17, 15) is 10.1 Å². The fourth-order valence-electron chi connectivity index (χ4n) is 2.23. The first-order valence-corrected chi connectivity index (χ1v) is 7.80. The topological polar surface area (TPSA) is 102 Å². The smallest absolute Gasteiger partial charge is 0.329 e. The second kappa shape index (κ2) is 7.12. The standard InChI is InChI=1S/C16H19N5O3/c1-24-13-6-2-11(3-7-13)8-9-17-16-18-10-14(21(22)23)15(20-16)19-12-4-5-12/h2-3,6-7,10,12H,4-5,8-9H2,1H3,(H2,17,18,19,20). The molecule has 8 heteroatoms. The van der Waals surface area contributed by atoms with Crippen molar-refractivity contribution in [1.82, 2.24) is 9.97 Å². The van der Waals surface area contributed by atoms with Crippen molar-refractivity contribution in [1.29, 1.82) is 0 Å². The molecule has 1 aromatic carbocycles. The number of nitrogens with zero attached hydrogens (tertiary/aromatic N) is 3. The van der Waals surface area contributed by atoms with Crippen LogP contribution in [0.5, 0.6) is 5.75 Å². The van der Waals surface area contributed by atoms with Gasteiger partial charge in [0.1, 0.15) is 11.9 Å². The minimum absolute atomic E-state index is 0.0948. The van der Waals surface area contributed by atoms with Crippen molar-refractivity contribution in [3.63, 3.8) is 0 Å². The number of nitro groups is 1. The van der Waals surface area contributed by atoms with Crippen LogP contribution in [0.1, 0.15) is 18.4 Å². The molecule has 8 nitrogen and oxygen atoms in total. The van der Waals surface area contributed by atoms with Crippen LogP contribution in [-0.4, -0.2) is 34.6 Å². The maximum atomic E-state index is 11.0. The van der Waals surface area contributed by atoms with Gasteiger partial charge in [-0.1, -0.05) is 12.1 Å². The van der Waals surface area contributed by atoms with Crippen LogP contribution in [0.4, 0.5) is 17.5 Å². The van der Waals surface area contributed by atoms with Crippen LogP contribution in [0.15, 0.2) is 30.5 Å². The van der Waals surface area contributed by atoms with E-state index in [0.717, 1.165) is 30.6 Å². The molecule has 2 aromatic rings. The third kappa shape index (κ3) is 4.09. The Hall–Kier alpha value is -2.90. The Labute approximate surface area is 139 Å². The van der Waals surface area contributed by atoms with E-state index in [1.807, 2.05) is 24.3 Å². The number of hydrogen-bond donors (Lipinski definition) is 2. The van der Waals surface area contributed by atoms with E-state index in [0.29, 0.717) is 12.5 Å². The van der Waals surface area contributed by atoms with E-state index in [1.165, 1.54) is 6.20 Å². The number of benzene rings is 1. The Morgan fingerprint density at radius 3 is 2.71 bits per heavy atom. The van der Waals surface area contributed by atoms with Crippen LogP contribution < -0.4 is 15.4 Å². The van der Waals surface area contributed by atoms with Gasteiger partial charge in [-0.25, -0.2) is 4.98 Å². The van der Waals surface area contributed by atoms with Crippen LogP contribution in [0.3, 0.4) is 0 Å². The van der Waals surface area contributed by atoms with Crippen LogP contribution >= 0.6 is 0 Å². The van der Waals surface area contributed by atoms with Crippen molar-refractivity contribution in [2.45, 2.75) is 25.3 Å². The summed E-state index contributed by atoms with van der Waals surface area (Å²) in [6, 6.07) is 8.10. The van der Waals surface area contributed by atoms with Crippen LogP contribution in [-0.2, 0) is 6.42 Å². The molecule has 0 radical (unpaired) electrons. The summed E-state index contributed by atoms with van der Waals surface area (Å²) in [4.78, 5) is 18.8. The fraction of sp³-hybridized carbons (Fsp3) is 0.375. The summed E-state index contributed by atoms with van der Waals surface area (Å²) in [6.07, 6.45) is 4.06. The Balaban J connectivity index is 1.60. The van der Waals surface area contributed by atoms with E-state index < -0.39 is 4.92 Å². The highest BCUT2D eigenvalue weighted by Gasteiger charge is 2.26. The molecule has 0 saturated heterocycles. The van der Waals surface area contributed by atoms with E-state index in [-0.39, 0.29) is 17.5 Å². The maximum absolute atomic E-state index is 11.0. The minimum atomic E-state index is -0.466. The molecule has 0 atom stereocenters. The van der Waals surface area contributed by atoms with Gasteiger partial charge in [0.05, 0.1) is 12.0 Å². The molecule has 3 rings (SSSR count). The number of nitrogens with one attached hydrogen (secondary N) is 2. The molecule has 1 aromatic heterocycles. The van der Waals surface area contributed by atoms with Gasteiger partial charge in [-0.2, -0.15) is 4.98 Å². The molecule has 1 fully saturated rings. The van der Waals surface area contributed by atoms with Gasteiger partial charge in [0.2, 0.25) is 11.8 Å². The van der Waals surface area contributed by atoms with Crippen molar-refractivity contribution < 1.29 is 9.66 Å². The van der Waals surface area contributed by atoms with Gasteiger partial charge < -0.3 is 15.4 Å². The SMILES string of the molecule is COc1ccc(CCNc2ncc([N+](=O)[O-])c(NC3CC3)n2)cc1. The molecule has 0 bridgehead atoms. The number of hydrogen-bond acceptors (Lipinski definition) is 7. The van der Waals surface area contributed by atoms with Gasteiger partial charge in [0.25, 0.3) is 0 Å². The molecular weight excluding hydrogens is 310 g/mol. The number of methoxy groups -OCH3 is 1. The highest BCUT2D eigenvalue weighted by molar-refractivity contribution is 5.58. The summed E-state index contributed by atoms with van der Waals surface area (Å²) in [5, 5.41) is 17.2. The quantitative estimate of drug-likeness (QED) is 0.567. The minimum Gasteiger partial charge on any atom is -0.497 e. The summed E-state index contributed by atoms with van der Waals surface area (Å²) in [6.45, 7) is 0.632. The molecule has 1 heterocycles. The van der Waals surface area contributed by atoms with Crippen LogP contribution in [0.2, 0.25) is 0 Å². The molecule has 0 unspecified atom stereocenters. The Bertz CT molecular complexity index is 716. The van der Waals surface area contributed by atoms with Gasteiger partial charge in [-0.15, -0.1) is 0 Å². The van der Waals surface area contributed by atoms with Gasteiger partial charge in [0, 0.05) is 12.6 Å². The van der Waals surface area contributed by atoms with E-state index in [1.54, 1.807) is 7.11 Å². The highest BCUT2D eigenvalue weighted by Crippen LogP contribution is 2.29. The zero-order valence-electron chi connectivity index (χ0n) is 13.4. The number of anilines is 2. The van der Waals surface area contributed by atoms with Crippen LogP contribution in [0.25, 0.3) is 0 Å². The largest absolute Gasteiger partial charge is 0.497 e. The third-order valence-corrected chi connectivity index (χ3v) is 3.74. The monoisotopic (exact) mass is 329 g/mol. The lowest BCUT2D eigenvalue weighted by Crippen LogP contribution is -2.12. The van der Waals surface area contributed by atoms with Crippen molar-refractivity contribution in [2.24, 2.45) is 0 Å². The van der Waals surface area contributed by atoms with Crippen molar-refractivity contribution in [3.05, 3.63) is 46.1 Å². The summed E-state index contributed by atoms with van der Waals surface area (Å²) in [5.41, 5.74) is 1.06. The zero-order valence-corrected chi connectivity index (χ0v) is 13.4. The first-order chi connectivity index (χ1) is 11.7. The Kier molecular flexibility index (Phi) is 4.74. The summed E-state index contributed by atoms with van der Waals surface area (Å²) in [7, 11) is 1.63. The molecule has 0 spiro atoms. The molecule has 24 heavy (non-hydrogen) atoms. The lowest BCUT2D eigenvalue weighted by atomic mass is 10.1. The Morgan fingerprint density at radius 2 is 2.08 bits per heavy atom. The van der Waals surface area contributed by atoms with Crippen molar-refractivity contribution in [2.75, 3.05) is 24.3 Å². The summed E-state index contributed by atoms with van der Waals surface area (Å²) < 4.78 is 5.13. The van der Waals surface area contributed by atoms with Crippen molar-refractivity contribution in [3.8, 4) is 5.75 Å². The van der Waals surface area contributed by atoms with Gasteiger partial charge in [-0.05, 0) is 37.0 Å². The van der Waals surface area contributed by atoms with E-state index in [4.69, 9.17) is 4.74 Å². The number of aromatic nitrogens is 2. The second-order valence-electron chi connectivity index (χ2n) is 5.63. The molecule has 1 aliphatic carbocycles. The molecule has 126 valence electrons. The first-order valence-electron chi connectivity index (χ1n) is 7.80. The van der Waals surface area contributed by atoms with Crippen molar-refractivity contribution >= 4 is 17.5 Å². The van der Waals surface area contributed by atoms with Gasteiger partial charge >= 0.3 is 5.69 Å². The number of ether oxygens (including phenoxy) is 1. The lowest BCUT2D eigenvalue weighted by Gasteiger charge is -2.08.